The fourth-order valence-corrected chi connectivity index (χ4v) is 17.2. The van der Waals surface area contributed by atoms with Crippen LogP contribution < -0.4 is 90.8 Å². The van der Waals surface area contributed by atoms with Crippen LogP contribution in [-0.2, 0) is 0 Å². The summed E-state index contributed by atoms with van der Waals surface area (Å²) in [5.41, 5.74) is 5.41. The Hall–Kier alpha value is -11.3. The van der Waals surface area contributed by atoms with Crippen LogP contribution in [0.1, 0.15) is 0 Å². The van der Waals surface area contributed by atoms with Crippen molar-refractivity contribution in [2.75, 3.05) is 9.80 Å². The van der Waals surface area contributed by atoms with Gasteiger partial charge in [-0.25, -0.2) is 17.6 Å². The fourth-order valence-electron chi connectivity index (χ4n) is 14.7. The smallest absolute Gasteiger partial charge is 0.273 e. The summed E-state index contributed by atoms with van der Waals surface area (Å²) in [7, 11) is 0. The fraction of sp³-hybridized carbons (Fsp3) is 0. The van der Waals surface area contributed by atoms with Crippen molar-refractivity contribution in [3.8, 4) is 80.5 Å². The molecule has 0 atom stereocenters. The molecule has 0 radical (unpaired) electrons. The number of halogens is 4. The van der Waals surface area contributed by atoms with Crippen LogP contribution in [0.15, 0.2) is 237 Å². The van der Waals surface area contributed by atoms with Crippen molar-refractivity contribution in [3.05, 3.63) is 260 Å². The van der Waals surface area contributed by atoms with Gasteiger partial charge in [-0.05, 0) is 124 Å². The molecule has 18 heteroatoms. The first kappa shape index (κ1) is 53.3. The van der Waals surface area contributed by atoms with Crippen molar-refractivity contribution in [1.29, 1.82) is 0 Å². The van der Waals surface area contributed by atoms with Crippen LogP contribution in [0.3, 0.4) is 0 Å². The summed E-state index contributed by atoms with van der Waals surface area (Å²) in [6, 6.07) is 70.7. The lowest BCUT2D eigenvalue weighted by Crippen LogP contribution is -2.64. The van der Waals surface area contributed by atoms with Gasteiger partial charge in [-0.2, -0.15) is 0 Å². The lowest BCUT2D eigenvalue weighted by Gasteiger charge is -2.44. The van der Waals surface area contributed by atoms with E-state index in [4.69, 9.17) is 33.2 Å². The van der Waals surface area contributed by atoms with Gasteiger partial charge in [0.15, 0.2) is 0 Å². The van der Waals surface area contributed by atoms with Crippen LogP contribution in [0.4, 0.5) is 51.7 Å². The molecule has 0 aliphatic carbocycles. The molecule has 20 rings (SSSR count). The third kappa shape index (κ3) is 7.90. The number of fused-ring (bicyclic) bond motifs is 16. The Morgan fingerprint density at radius 1 is 0.298 bits per heavy atom. The number of ether oxygens (including phenoxy) is 7. The molecule has 0 bridgehead atoms. The number of nitrogens with zero attached hydrogens (tertiary/aromatic N) is 2. The molecule has 9 nitrogen and oxygen atoms in total. The predicted octanol–water partition coefficient (Wildman–Crippen LogP) is 15.6. The normalized spacial score (nSPS) is 13.6. The first-order valence-corrected chi connectivity index (χ1v) is 32.2. The Morgan fingerprint density at radius 3 is 1.16 bits per heavy atom. The second-order valence-corrected chi connectivity index (χ2v) is 26.0. The van der Waals surface area contributed by atoms with E-state index in [1.165, 1.54) is 36.4 Å². The second kappa shape index (κ2) is 20.1. The molecule has 0 fully saturated rings. The maximum absolute atomic E-state index is 17.5. The quantitative estimate of drug-likeness (QED) is 0.109. The number of para-hydroxylation sites is 5. The summed E-state index contributed by atoms with van der Waals surface area (Å²) in [5.74, 6) is 3.59. The molecular weight excluding hydrogens is 1230 g/mol. The van der Waals surface area contributed by atoms with Crippen molar-refractivity contribution in [3.63, 3.8) is 0 Å². The van der Waals surface area contributed by atoms with E-state index < -0.39 is 49.1 Å². The largest absolute Gasteiger partial charge is 0.458 e. The minimum Gasteiger partial charge on any atom is -0.458 e. The van der Waals surface area contributed by atoms with E-state index in [0.717, 1.165) is 51.9 Å². The molecule has 6 aliphatic rings. The molecule has 444 valence electrons. The molecule has 2 aromatic heterocycles. The van der Waals surface area contributed by atoms with Crippen LogP contribution in [0.25, 0.3) is 20.2 Å². The molecule has 6 aliphatic heterocycles. The van der Waals surface area contributed by atoms with E-state index >= 15 is 17.6 Å². The third-order valence-corrected chi connectivity index (χ3v) is 20.9. The third-order valence-electron chi connectivity index (χ3n) is 18.5. The summed E-state index contributed by atoms with van der Waals surface area (Å²) < 4.78 is 122. The number of benzene rings is 12. The van der Waals surface area contributed by atoms with E-state index in [-0.39, 0.29) is 5.69 Å². The van der Waals surface area contributed by atoms with Crippen molar-refractivity contribution < 1.29 is 50.7 Å². The van der Waals surface area contributed by atoms with Crippen LogP contribution in [0.5, 0.6) is 80.5 Å². The van der Waals surface area contributed by atoms with Crippen molar-refractivity contribution >= 4 is 145 Å². The molecule has 14 aromatic rings. The highest BCUT2D eigenvalue weighted by atomic mass is 32.1. The Balaban J connectivity index is 0.877. The number of hydrogen-bond acceptors (Lipinski definition) is 11. The molecule has 94 heavy (non-hydrogen) atoms. The zero-order valence-corrected chi connectivity index (χ0v) is 50.5. The molecule has 0 unspecified atom stereocenters. The maximum atomic E-state index is 17.5. The van der Waals surface area contributed by atoms with Gasteiger partial charge in [0, 0.05) is 100 Å². The summed E-state index contributed by atoms with van der Waals surface area (Å²) in [4.78, 5) is 3.12. The molecule has 0 saturated heterocycles. The molecule has 0 amide bonds. The van der Waals surface area contributed by atoms with Gasteiger partial charge >= 0.3 is 0 Å². The lowest BCUT2D eigenvalue weighted by atomic mass is 9.30. The minimum absolute atomic E-state index is 0.299. The molecule has 12 aromatic carbocycles. The standard InChI is InChI=1S/C76H39B3F4N2O7S2/c80-52-24-14-25-53(81)71(52)84-56-38-57-49(78-69-59(85(57)72-54(82)26-15-27-55(72)83)31-44(87-41-18-6-2-7-19-41)33-63(69)91-73-46-22-10-12-28-66(46)93-75(73)78)36-48(56)77-50-37-51-61(39-60(50)89-62-32-43(30-58(84)68(62)77)86-40-16-4-1-5-17-40)90-64-34-45(88-42-20-8-3-9-21-42)35-65-70(64)79(51)76-74(92-65)47-23-11-13-29-67(47)94-76/h1-39H. The first-order valence-electron chi connectivity index (χ1n) is 30.5. The number of anilines is 6. The monoisotopic (exact) mass is 1260 g/mol. The highest BCUT2D eigenvalue weighted by Crippen LogP contribution is 2.52. The molecule has 0 spiro atoms. The highest BCUT2D eigenvalue weighted by Gasteiger charge is 2.51. The Labute approximate surface area is 542 Å². The topological polar surface area (TPSA) is 71.1 Å². The van der Waals surface area contributed by atoms with Crippen LogP contribution in [0, 0.1) is 23.3 Å². The van der Waals surface area contributed by atoms with Crippen molar-refractivity contribution in [1.82, 2.24) is 0 Å². The van der Waals surface area contributed by atoms with Gasteiger partial charge in [0.05, 0.1) is 0 Å². The Bertz CT molecular complexity index is 5590. The average molecular weight is 1260 g/mol. The SMILES string of the molecule is Fc1cccc(F)c1N1c2cc3c(cc2B2c4cc5c(cc4Oc4cc(Oc6ccccc6)cc1c42)Oc1cc(Oc2ccccc2)cc2c1B5c1sc4ccccc4c1O2)B1c2sc4ccccc4c2Oc2cc(Oc4ccccc4)cc(c21)N3c1c(F)cccc1F. The lowest BCUT2D eigenvalue weighted by molar-refractivity contribution is 0.440. The molecule has 0 N–H and O–H groups in total. The van der Waals surface area contributed by atoms with Crippen molar-refractivity contribution in [2.24, 2.45) is 0 Å². The molecular formula is C76H39B3F4N2O7S2. The summed E-state index contributed by atoms with van der Waals surface area (Å²) >= 11 is 3.22. The summed E-state index contributed by atoms with van der Waals surface area (Å²) in [6.45, 7) is -1.82. The first-order chi connectivity index (χ1) is 46.2. The van der Waals surface area contributed by atoms with Gasteiger partial charge in [-0.3, -0.25) is 0 Å². The van der Waals surface area contributed by atoms with E-state index in [1.54, 1.807) is 50.7 Å². The Morgan fingerprint density at radius 2 is 0.670 bits per heavy atom. The van der Waals surface area contributed by atoms with E-state index in [9.17, 15) is 0 Å². The molecule has 8 heterocycles. The van der Waals surface area contributed by atoms with Crippen LogP contribution >= 0.6 is 22.7 Å². The zero-order chi connectivity index (χ0) is 62.2. The average Bonchev–Trinajstić information content (AvgIpc) is 0.762. The van der Waals surface area contributed by atoms with Crippen molar-refractivity contribution in [2.45, 2.75) is 0 Å². The summed E-state index contributed by atoms with van der Waals surface area (Å²) in [6.07, 6.45) is 0. The van der Waals surface area contributed by atoms with Crippen LogP contribution in [-0.4, -0.2) is 20.1 Å². The van der Waals surface area contributed by atoms with Crippen LogP contribution in [0.2, 0.25) is 0 Å². The maximum Gasteiger partial charge on any atom is 0.273 e. The second-order valence-electron chi connectivity index (χ2n) is 23.8. The zero-order valence-electron chi connectivity index (χ0n) is 48.8. The van der Waals surface area contributed by atoms with E-state index in [1.807, 2.05) is 158 Å². The Kier molecular flexibility index (Phi) is 11.4. The van der Waals surface area contributed by atoms with E-state index in [0.29, 0.717) is 119 Å². The van der Waals surface area contributed by atoms with Gasteiger partial charge in [-0.1, -0.05) is 103 Å². The number of rotatable bonds is 8. The van der Waals surface area contributed by atoms with Gasteiger partial charge in [0.25, 0.3) is 20.1 Å². The minimum atomic E-state index is -0.868. The van der Waals surface area contributed by atoms with Gasteiger partial charge in [0.1, 0.15) is 115 Å². The van der Waals surface area contributed by atoms with Gasteiger partial charge < -0.3 is 43.0 Å². The highest BCUT2D eigenvalue weighted by molar-refractivity contribution is 7.34. The van der Waals surface area contributed by atoms with E-state index in [2.05, 4.69) is 24.3 Å². The number of hydrogen-bond donors (Lipinski definition) is 0. The molecule has 0 saturated carbocycles. The predicted molar refractivity (Wildman–Crippen MR) is 366 cm³/mol. The summed E-state index contributed by atoms with van der Waals surface area (Å²) in [5, 5.41) is 1.84. The number of thiophene rings is 2. The van der Waals surface area contributed by atoms with Gasteiger partial charge in [-0.15, -0.1) is 22.7 Å². The van der Waals surface area contributed by atoms with Gasteiger partial charge in [0.2, 0.25) is 0 Å².